The van der Waals surface area contributed by atoms with Crippen LogP contribution in [0.25, 0.3) is 0 Å². The molecule has 0 aliphatic heterocycles. The summed E-state index contributed by atoms with van der Waals surface area (Å²) in [5, 5.41) is 3.12. The SMILES string of the molecule is COc1ccccc1CCN=C(N)Nc1ccc(C)c(C)c1.I. The predicted octanol–water partition coefficient (Wildman–Crippen LogP) is 3.90. The number of hydrogen-bond acceptors (Lipinski definition) is 2. The van der Waals surface area contributed by atoms with Gasteiger partial charge in [-0.1, -0.05) is 24.3 Å². The van der Waals surface area contributed by atoms with Crippen LogP contribution in [-0.2, 0) is 6.42 Å². The standard InChI is InChI=1S/C18H23N3O.HI/c1-13-8-9-16(12-14(13)2)21-18(19)20-11-10-15-6-4-5-7-17(15)22-3;/h4-9,12H,10-11H2,1-3H3,(H3,19,20,21);1H. The number of ether oxygens (including phenoxy) is 1. The van der Waals surface area contributed by atoms with Gasteiger partial charge in [-0.2, -0.15) is 0 Å². The Morgan fingerprint density at radius 3 is 2.57 bits per heavy atom. The second kappa shape index (κ2) is 9.39. The molecule has 5 heteroatoms. The van der Waals surface area contributed by atoms with Crippen LogP contribution in [0.2, 0.25) is 0 Å². The van der Waals surface area contributed by atoms with Crippen molar-refractivity contribution in [2.24, 2.45) is 10.7 Å². The molecule has 23 heavy (non-hydrogen) atoms. The number of halogens is 1. The number of aryl methyl sites for hydroxylation is 2. The van der Waals surface area contributed by atoms with Crippen LogP contribution in [0.4, 0.5) is 5.69 Å². The number of nitrogens with one attached hydrogen (secondary N) is 1. The Kier molecular flexibility index (Phi) is 7.88. The summed E-state index contributed by atoms with van der Waals surface area (Å²) in [6.07, 6.45) is 0.791. The minimum atomic E-state index is 0. The molecule has 0 unspecified atom stereocenters. The highest BCUT2D eigenvalue weighted by molar-refractivity contribution is 14.0. The molecule has 0 fully saturated rings. The summed E-state index contributed by atoms with van der Waals surface area (Å²) in [5.41, 5.74) is 10.5. The van der Waals surface area contributed by atoms with E-state index < -0.39 is 0 Å². The fraction of sp³-hybridized carbons (Fsp3) is 0.278. The fourth-order valence-corrected chi connectivity index (χ4v) is 2.21. The van der Waals surface area contributed by atoms with Crippen molar-refractivity contribution in [2.75, 3.05) is 19.0 Å². The van der Waals surface area contributed by atoms with Crippen molar-refractivity contribution < 1.29 is 4.74 Å². The van der Waals surface area contributed by atoms with Gasteiger partial charge in [0.15, 0.2) is 5.96 Å². The summed E-state index contributed by atoms with van der Waals surface area (Å²) >= 11 is 0. The molecular formula is C18H24IN3O. The molecule has 0 aliphatic rings. The number of rotatable bonds is 5. The molecule has 0 bridgehead atoms. The second-order valence-electron chi connectivity index (χ2n) is 5.25. The highest BCUT2D eigenvalue weighted by atomic mass is 127. The molecule has 0 aliphatic carbocycles. The van der Waals surface area contributed by atoms with E-state index >= 15 is 0 Å². The van der Waals surface area contributed by atoms with Crippen molar-refractivity contribution in [3.8, 4) is 5.75 Å². The van der Waals surface area contributed by atoms with Gasteiger partial charge in [-0.15, -0.1) is 24.0 Å². The maximum Gasteiger partial charge on any atom is 0.193 e. The van der Waals surface area contributed by atoms with Gasteiger partial charge in [0.05, 0.1) is 7.11 Å². The van der Waals surface area contributed by atoms with Crippen molar-refractivity contribution >= 4 is 35.6 Å². The highest BCUT2D eigenvalue weighted by Crippen LogP contribution is 2.17. The van der Waals surface area contributed by atoms with Gasteiger partial charge in [-0.05, 0) is 55.2 Å². The zero-order chi connectivity index (χ0) is 15.9. The number of methoxy groups -OCH3 is 1. The van der Waals surface area contributed by atoms with Crippen LogP contribution < -0.4 is 15.8 Å². The van der Waals surface area contributed by atoms with E-state index in [0.29, 0.717) is 12.5 Å². The maximum absolute atomic E-state index is 5.94. The van der Waals surface area contributed by atoms with Gasteiger partial charge in [0, 0.05) is 12.2 Å². The minimum absolute atomic E-state index is 0. The van der Waals surface area contributed by atoms with Crippen LogP contribution in [0.3, 0.4) is 0 Å². The average molecular weight is 425 g/mol. The Balaban J connectivity index is 0.00000264. The van der Waals surface area contributed by atoms with Gasteiger partial charge < -0.3 is 15.8 Å². The van der Waals surface area contributed by atoms with E-state index in [9.17, 15) is 0 Å². The van der Waals surface area contributed by atoms with Gasteiger partial charge in [0.2, 0.25) is 0 Å². The lowest BCUT2D eigenvalue weighted by Crippen LogP contribution is -2.23. The molecule has 2 rings (SSSR count). The monoisotopic (exact) mass is 425 g/mol. The first-order valence-corrected chi connectivity index (χ1v) is 7.36. The summed E-state index contributed by atoms with van der Waals surface area (Å²) in [7, 11) is 1.68. The molecular weight excluding hydrogens is 401 g/mol. The molecule has 4 nitrogen and oxygen atoms in total. The molecule has 0 saturated carbocycles. The van der Waals surface area contributed by atoms with Crippen LogP contribution in [0.15, 0.2) is 47.5 Å². The van der Waals surface area contributed by atoms with Crippen molar-refractivity contribution in [1.82, 2.24) is 0 Å². The Morgan fingerprint density at radius 1 is 1.13 bits per heavy atom. The van der Waals surface area contributed by atoms with Gasteiger partial charge in [-0.3, -0.25) is 4.99 Å². The van der Waals surface area contributed by atoms with E-state index in [1.54, 1.807) is 7.11 Å². The van der Waals surface area contributed by atoms with Crippen LogP contribution in [0.1, 0.15) is 16.7 Å². The summed E-state index contributed by atoms with van der Waals surface area (Å²) < 4.78 is 5.33. The Morgan fingerprint density at radius 2 is 1.87 bits per heavy atom. The number of benzene rings is 2. The molecule has 0 saturated heterocycles. The number of para-hydroxylation sites is 1. The highest BCUT2D eigenvalue weighted by Gasteiger charge is 2.01. The van der Waals surface area contributed by atoms with Crippen molar-refractivity contribution in [2.45, 2.75) is 20.3 Å². The third kappa shape index (κ3) is 5.74. The second-order valence-corrected chi connectivity index (χ2v) is 5.25. The minimum Gasteiger partial charge on any atom is -0.496 e. The Hall–Kier alpha value is -1.76. The topological polar surface area (TPSA) is 59.6 Å². The van der Waals surface area contributed by atoms with Gasteiger partial charge in [-0.25, -0.2) is 0 Å². The smallest absolute Gasteiger partial charge is 0.193 e. The molecule has 124 valence electrons. The van der Waals surface area contributed by atoms with E-state index in [1.165, 1.54) is 11.1 Å². The van der Waals surface area contributed by atoms with Gasteiger partial charge in [0.25, 0.3) is 0 Å². The maximum atomic E-state index is 5.94. The first-order valence-electron chi connectivity index (χ1n) is 7.36. The fourth-order valence-electron chi connectivity index (χ4n) is 2.21. The molecule has 2 aromatic carbocycles. The number of guanidine groups is 1. The molecule has 0 aromatic heterocycles. The molecule has 0 heterocycles. The number of anilines is 1. The molecule has 0 amide bonds. The van der Waals surface area contributed by atoms with Crippen LogP contribution in [0, 0.1) is 13.8 Å². The van der Waals surface area contributed by atoms with Gasteiger partial charge >= 0.3 is 0 Å². The third-order valence-corrected chi connectivity index (χ3v) is 3.64. The largest absolute Gasteiger partial charge is 0.496 e. The lowest BCUT2D eigenvalue weighted by molar-refractivity contribution is 0.410. The first kappa shape index (κ1) is 19.3. The van der Waals surface area contributed by atoms with Crippen molar-refractivity contribution in [3.63, 3.8) is 0 Å². The predicted molar refractivity (Wildman–Crippen MR) is 108 cm³/mol. The quantitative estimate of drug-likeness (QED) is 0.434. The van der Waals surface area contributed by atoms with E-state index in [2.05, 4.69) is 36.3 Å². The van der Waals surface area contributed by atoms with Crippen molar-refractivity contribution in [1.29, 1.82) is 0 Å². The lowest BCUT2D eigenvalue weighted by atomic mass is 10.1. The summed E-state index contributed by atoms with van der Waals surface area (Å²) in [4.78, 5) is 4.37. The van der Waals surface area contributed by atoms with Gasteiger partial charge in [0.1, 0.15) is 5.75 Å². The van der Waals surface area contributed by atoms with Crippen LogP contribution >= 0.6 is 24.0 Å². The molecule has 0 spiro atoms. The molecule has 3 N–H and O–H groups in total. The summed E-state index contributed by atoms with van der Waals surface area (Å²) in [5.74, 6) is 1.32. The number of aliphatic imine (C=N–C) groups is 1. The summed E-state index contributed by atoms with van der Waals surface area (Å²) in [6, 6.07) is 14.1. The first-order chi connectivity index (χ1) is 10.6. The van der Waals surface area contributed by atoms with Crippen LogP contribution in [-0.4, -0.2) is 19.6 Å². The van der Waals surface area contributed by atoms with E-state index in [1.807, 2.05) is 30.3 Å². The Labute approximate surface area is 155 Å². The Bertz CT molecular complexity index is 671. The van der Waals surface area contributed by atoms with Crippen molar-refractivity contribution in [3.05, 3.63) is 59.2 Å². The van der Waals surface area contributed by atoms with E-state index in [0.717, 1.165) is 23.4 Å². The number of nitrogens with zero attached hydrogens (tertiary/aromatic N) is 1. The number of hydrogen-bond donors (Lipinski definition) is 2. The molecule has 2 aromatic rings. The normalized spacial score (nSPS) is 10.8. The molecule has 0 atom stereocenters. The number of nitrogens with two attached hydrogens (primary N) is 1. The lowest BCUT2D eigenvalue weighted by Gasteiger charge is -2.09. The third-order valence-electron chi connectivity index (χ3n) is 3.64. The zero-order valence-electron chi connectivity index (χ0n) is 13.8. The summed E-state index contributed by atoms with van der Waals surface area (Å²) in [6.45, 7) is 4.78. The van der Waals surface area contributed by atoms with Crippen LogP contribution in [0.5, 0.6) is 5.75 Å². The average Bonchev–Trinajstić information content (AvgIpc) is 2.51. The van der Waals surface area contributed by atoms with E-state index in [-0.39, 0.29) is 24.0 Å². The van der Waals surface area contributed by atoms with E-state index in [4.69, 9.17) is 10.5 Å². The zero-order valence-corrected chi connectivity index (χ0v) is 16.1. The molecule has 0 radical (unpaired) electrons.